The van der Waals surface area contributed by atoms with Crippen LogP contribution in [0.4, 0.5) is 0 Å². The normalized spacial score (nSPS) is 18.1. The number of unbranched alkanes of at least 4 members (excludes halogenated alkanes) is 2. The van der Waals surface area contributed by atoms with Crippen LogP contribution in [0.3, 0.4) is 0 Å². The van der Waals surface area contributed by atoms with Crippen molar-refractivity contribution in [3.05, 3.63) is 48.6 Å². The van der Waals surface area contributed by atoms with Gasteiger partial charge in [-0.3, -0.25) is 0 Å². The molecule has 0 fully saturated rings. The fraction of sp³-hybridized carbons (Fsp3) is 0.467. The molecule has 1 aliphatic rings. The average Bonchev–Trinajstić information content (AvgIpc) is 2.57. The summed E-state index contributed by atoms with van der Waals surface area (Å²) in [5, 5.41) is 8.66. The van der Waals surface area contributed by atoms with Crippen molar-refractivity contribution in [3.63, 3.8) is 0 Å². The van der Waals surface area contributed by atoms with E-state index in [4.69, 9.17) is 5.11 Å². The van der Waals surface area contributed by atoms with Crippen LogP contribution in [0.15, 0.2) is 48.6 Å². The van der Waals surface area contributed by atoms with Crippen molar-refractivity contribution in [3.8, 4) is 0 Å². The largest absolute Gasteiger partial charge is 0.396 e. The fourth-order valence-corrected chi connectivity index (χ4v) is 1.74. The van der Waals surface area contributed by atoms with E-state index in [1.165, 1.54) is 0 Å². The van der Waals surface area contributed by atoms with Crippen LogP contribution >= 0.6 is 0 Å². The second kappa shape index (κ2) is 8.12. The molecule has 0 radical (unpaired) electrons. The quantitative estimate of drug-likeness (QED) is 0.533. The Balaban J connectivity index is 2.31. The number of allylic oxidation sites excluding steroid dienone is 8. The van der Waals surface area contributed by atoms with Gasteiger partial charge < -0.3 is 5.11 Å². The molecule has 16 heavy (non-hydrogen) atoms. The Labute approximate surface area is 98.9 Å². The number of aliphatic hydroxyl groups is 1. The van der Waals surface area contributed by atoms with E-state index >= 15 is 0 Å². The first-order chi connectivity index (χ1) is 7.84. The van der Waals surface area contributed by atoms with Gasteiger partial charge in [0.05, 0.1) is 0 Å². The Morgan fingerprint density at radius 3 is 2.44 bits per heavy atom. The lowest BCUT2D eigenvalue weighted by Gasteiger charge is -2.12. The third-order valence-electron chi connectivity index (χ3n) is 2.83. The van der Waals surface area contributed by atoms with Gasteiger partial charge in [-0.1, -0.05) is 55.5 Å². The van der Waals surface area contributed by atoms with Crippen molar-refractivity contribution in [2.45, 2.75) is 26.2 Å². The molecule has 0 aromatic rings. The maximum atomic E-state index is 8.66. The van der Waals surface area contributed by atoms with E-state index in [1.807, 2.05) is 0 Å². The summed E-state index contributed by atoms with van der Waals surface area (Å²) in [5.74, 6) is 1.05. The number of hydrogen-bond acceptors (Lipinski definition) is 1. The molecule has 0 aromatic heterocycles. The lowest BCUT2D eigenvalue weighted by atomic mass is 9.93. The maximum Gasteiger partial charge on any atom is 0.0431 e. The molecule has 0 bridgehead atoms. The molecule has 1 heteroatoms. The van der Waals surface area contributed by atoms with E-state index in [0.29, 0.717) is 18.4 Å². The molecule has 88 valence electrons. The minimum absolute atomic E-state index is 0.309. The highest BCUT2D eigenvalue weighted by molar-refractivity contribution is 5.21. The van der Waals surface area contributed by atoms with Gasteiger partial charge in [0.15, 0.2) is 0 Å². The van der Waals surface area contributed by atoms with E-state index in [-0.39, 0.29) is 0 Å². The van der Waals surface area contributed by atoms with Gasteiger partial charge in [-0.05, 0) is 25.2 Å². The Kier molecular flexibility index (Phi) is 6.59. The SMILES string of the molecule is CC(C=CCCCCO)C1C=CC=CC=C1. The smallest absolute Gasteiger partial charge is 0.0431 e. The van der Waals surface area contributed by atoms with Gasteiger partial charge in [0.1, 0.15) is 0 Å². The van der Waals surface area contributed by atoms with Crippen LogP contribution in [0.1, 0.15) is 26.2 Å². The average molecular weight is 218 g/mol. The summed E-state index contributed by atoms with van der Waals surface area (Å²) >= 11 is 0. The van der Waals surface area contributed by atoms with E-state index in [9.17, 15) is 0 Å². The summed E-state index contributed by atoms with van der Waals surface area (Å²) in [6.07, 6.45) is 20.4. The van der Waals surface area contributed by atoms with Gasteiger partial charge in [-0.15, -0.1) is 0 Å². The Morgan fingerprint density at radius 1 is 1.12 bits per heavy atom. The predicted octanol–water partition coefficient (Wildman–Crippen LogP) is 3.64. The lowest BCUT2D eigenvalue weighted by molar-refractivity contribution is 0.285. The molecule has 1 rings (SSSR count). The number of rotatable bonds is 6. The van der Waals surface area contributed by atoms with Crippen LogP contribution < -0.4 is 0 Å². The molecule has 1 atom stereocenters. The minimum atomic E-state index is 0.309. The van der Waals surface area contributed by atoms with Crippen LogP contribution in [0.25, 0.3) is 0 Å². The van der Waals surface area contributed by atoms with Crippen molar-refractivity contribution in [1.82, 2.24) is 0 Å². The zero-order valence-corrected chi connectivity index (χ0v) is 10.0. The van der Waals surface area contributed by atoms with Crippen LogP contribution in [0.2, 0.25) is 0 Å². The van der Waals surface area contributed by atoms with Gasteiger partial charge in [-0.25, -0.2) is 0 Å². The zero-order valence-electron chi connectivity index (χ0n) is 10.0. The van der Waals surface area contributed by atoms with Crippen molar-refractivity contribution in [2.75, 3.05) is 6.61 Å². The summed E-state index contributed by atoms with van der Waals surface area (Å²) in [4.78, 5) is 0. The molecular formula is C15H22O. The standard InChI is InChI=1S/C15H22O/c1-14(10-6-4-5-9-13-16)15-11-7-2-3-8-12-15/h2-3,6-8,10-12,14-16H,4-5,9,13H2,1H3. The summed E-state index contributed by atoms with van der Waals surface area (Å²) in [6, 6.07) is 0. The molecular weight excluding hydrogens is 196 g/mol. The van der Waals surface area contributed by atoms with E-state index < -0.39 is 0 Å². The fourth-order valence-electron chi connectivity index (χ4n) is 1.74. The lowest BCUT2D eigenvalue weighted by Crippen LogP contribution is -2.02. The molecule has 1 unspecified atom stereocenters. The predicted molar refractivity (Wildman–Crippen MR) is 70.2 cm³/mol. The van der Waals surface area contributed by atoms with Crippen LogP contribution in [0, 0.1) is 11.8 Å². The summed E-state index contributed by atoms with van der Waals surface area (Å²) in [7, 11) is 0. The second-order valence-corrected chi connectivity index (χ2v) is 4.24. The number of hydrogen-bond donors (Lipinski definition) is 1. The molecule has 0 spiro atoms. The highest BCUT2D eigenvalue weighted by Gasteiger charge is 2.07. The molecule has 0 saturated carbocycles. The summed E-state index contributed by atoms with van der Waals surface area (Å²) in [5.41, 5.74) is 0. The Morgan fingerprint density at radius 2 is 1.81 bits per heavy atom. The van der Waals surface area contributed by atoms with Gasteiger partial charge in [-0.2, -0.15) is 0 Å². The van der Waals surface area contributed by atoms with E-state index in [2.05, 4.69) is 55.5 Å². The van der Waals surface area contributed by atoms with Gasteiger partial charge >= 0.3 is 0 Å². The topological polar surface area (TPSA) is 20.2 Å². The Hall–Kier alpha value is -1.08. The first kappa shape index (κ1) is 13.0. The molecule has 0 aromatic carbocycles. The third-order valence-corrected chi connectivity index (χ3v) is 2.83. The summed E-state index contributed by atoms with van der Waals surface area (Å²) in [6.45, 7) is 2.55. The van der Waals surface area contributed by atoms with Gasteiger partial charge in [0.2, 0.25) is 0 Å². The molecule has 0 heterocycles. The maximum absolute atomic E-state index is 8.66. The van der Waals surface area contributed by atoms with Gasteiger partial charge in [0, 0.05) is 12.5 Å². The van der Waals surface area contributed by atoms with Crippen molar-refractivity contribution < 1.29 is 5.11 Å². The van der Waals surface area contributed by atoms with Crippen LogP contribution in [-0.4, -0.2) is 11.7 Å². The molecule has 0 aliphatic heterocycles. The van der Waals surface area contributed by atoms with E-state index in [0.717, 1.165) is 19.3 Å². The third kappa shape index (κ3) is 5.13. The summed E-state index contributed by atoms with van der Waals surface area (Å²) < 4.78 is 0. The van der Waals surface area contributed by atoms with Crippen molar-refractivity contribution >= 4 is 0 Å². The van der Waals surface area contributed by atoms with Crippen LogP contribution in [0.5, 0.6) is 0 Å². The molecule has 1 N–H and O–H groups in total. The molecule has 0 amide bonds. The molecule has 1 nitrogen and oxygen atoms in total. The number of aliphatic hydroxyl groups excluding tert-OH is 1. The van der Waals surface area contributed by atoms with Crippen molar-refractivity contribution in [1.29, 1.82) is 0 Å². The Bertz CT molecular complexity index is 268. The monoisotopic (exact) mass is 218 g/mol. The second-order valence-electron chi connectivity index (χ2n) is 4.24. The van der Waals surface area contributed by atoms with Gasteiger partial charge in [0.25, 0.3) is 0 Å². The highest BCUT2D eigenvalue weighted by Crippen LogP contribution is 2.18. The van der Waals surface area contributed by atoms with E-state index in [1.54, 1.807) is 0 Å². The zero-order chi connectivity index (χ0) is 11.6. The minimum Gasteiger partial charge on any atom is -0.396 e. The first-order valence-corrected chi connectivity index (χ1v) is 6.14. The van der Waals surface area contributed by atoms with Crippen molar-refractivity contribution in [2.24, 2.45) is 11.8 Å². The highest BCUT2D eigenvalue weighted by atomic mass is 16.2. The first-order valence-electron chi connectivity index (χ1n) is 6.14. The molecule has 0 saturated heterocycles. The molecule has 1 aliphatic carbocycles. The van der Waals surface area contributed by atoms with Crippen LogP contribution in [-0.2, 0) is 0 Å².